The largest absolute Gasteiger partial charge is 0.344 e. The van der Waals surface area contributed by atoms with Crippen LogP contribution in [0.4, 0.5) is 5.82 Å². The molecule has 2 aromatic heterocycles. The van der Waals surface area contributed by atoms with Crippen molar-refractivity contribution in [3.63, 3.8) is 0 Å². The summed E-state index contributed by atoms with van der Waals surface area (Å²) in [6.07, 6.45) is 7.61. The summed E-state index contributed by atoms with van der Waals surface area (Å²) in [5.74, 6) is 0.0315. The number of hydrogen-bond acceptors (Lipinski definition) is 6. The smallest absolute Gasteiger partial charge is 0.248 e. The van der Waals surface area contributed by atoms with Crippen molar-refractivity contribution in [1.29, 1.82) is 0 Å². The van der Waals surface area contributed by atoms with Crippen molar-refractivity contribution in [1.82, 2.24) is 24.8 Å². The summed E-state index contributed by atoms with van der Waals surface area (Å²) in [4.78, 5) is 37.2. The van der Waals surface area contributed by atoms with Gasteiger partial charge in [-0.05, 0) is 46.2 Å². The number of anilines is 1. The van der Waals surface area contributed by atoms with Crippen LogP contribution in [0.15, 0.2) is 48.2 Å². The topological polar surface area (TPSA) is 92.2 Å². The normalized spacial score (nSPS) is 15.1. The predicted octanol–water partition coefficient (Wildman–Crippen LogP) is 4.30. The second-order valence-electron chi connectivity index (χ2n) is 10.0. The van der Waals surface area contributed by atoms with Gasteiger partial charge in [0.25, 0.3) is 0 Å². The van der Waals surface area contributed by atoms with E-state index < -0.39 is 6.04 Å². The van der Waals surface area contributed by atoms with Gasteiger partial charge in [0.2, 0.25) is 11.8 Å². The fourth-order valence-electron chi connectivity index (χ4n) is 4.58. The second kappa shape index (κ2) is 11.8. The molecule has 1 unspecified atom stereocenters. The summed E-state index contributed by atoms with van der Waals surface area (Å²) in [7, 11) is 0. The van der Waals surface area contributed by atoms with E-state index >= 15 is 0 Å². The molecule has 0 radical (unpaired) electrons. The van der Waals surface area contributed by atoms with Crippen molar-refractivity contribution >= 4 is 29.0 Å². The van der Waals surface area contributed by atoms with Crippen LogP contribution < -0.4 is 10.6 Å². The zero-order valence-electron chi connectivity index (χ0n) is 21.4. The summed E-state index contributed by atoms with van der Waals surface area (Å²) >= 11 is 1.45. The van der Waals surface area contributed by atoms with E-state index in [0.29, 0.717) is 12.2 Å². The Hall–Kier alpha value is -3.04. The first-order chi connectivity index (χ1) is 17.3. The van der Waals surface area contributed by atoms with E-state index in [1.165, 1.54) is 24.2 Å². The third-order valence-electron chi connectivity index (χ3n) is 6.50. The van der Waals surface area contributed by atoms with E-state index in [1.54, 1.807) is 6.33 Å². The van der Waals surface area contributed by atoms with Gasteiger partial charge in [-0.15, -0.1) is 11.3 Å². The molecule has 0 saturated carbocycles. The van der Waals surface area contributed by atoms with Crippen LogP contribution in [-0.4, -0.2) is 56.9 Å². The molecular weight excluding hydrogens is 472 g/mol. The molecule has 1 fully saturated rings. The molecule has 2 N–H and O–H groups in total. The number of rotatable bonds is 11. The van der Waals surface area contributed by atoms with Gasteiger partial charge in [0.05, 0.1) is 24.0 Å². The number of carbonyl (C=O) groups is 2. The molecule has 36 heavy (non-hydrogen) atoms. The van der Waals surface area contributed by atoms with Crippen molar-refractivity contribution < 1.29 is 9.59 Å². The first kappa shape index (κ1) is 26.0. The Labute approximate surface area is 217 Å². The molecule has 8 nitrogen and oxygen atoms in total. The Kier molecular flexibility index (Phi) is 8.53. The van der Waals surface area contributed by atoms with Crippen molar-refractivity contribution in [2.45, 2.75) is 64.5 Å². The number of nitrogens with zero attached hydrogens (tertiary/aromatic N) is 4. The van der Waals surface area contributed by atoms with Crippen molar-refractivity contribution in [3.8, 4) is 11.3 Å². The molecule has 2 amide bonds. The molecule has 4 rings (SSSR count). The molecule has 1 aliphatic heterocycles. The zero-order valence-corrected chi connectivity index (χ0v) is 22.2. The van der Waals surface area contributed by atoms with E-state index in [9.17, 15) is 9.59 Å². The summed E-state index contributed by atoms with van der Waals surface area (Å²) in [5, 5.41) is 8.47. The number of likely N-dealkylation sites (tertiary alicyclic amines) is 1. The quantitative estimate of drug-likeness (QED) is 0.403. The standard InChI is InChI=1S/C27H36N6O2S/c1-4-10-21(29-24(34)15-25-30-22(17-36-25)20-11-6-5-7-12-20)26(35)31-23-16-33(19-28-23)27(2,3)18-32-13-8-9-14-32/h5-7,11-12,16-17,19,21H,4,8-10,13-15,18H2,1-3H3,(H,29,34)(H,31,35). The SMILES string of the molecule is CCCC(NC(=O)Cc1nc(-c2ccccc2)cs1)C(=O)Nc1cn(C(C)(C)CN2CCCC2)cn1. The Morgan fingerprint density at radius 3 is 2.64 bits per heavy atom. The average molecular weight is 509 g/mol. The molecule has 192 valence electrons. The lowest BCUT2D eigenvalue weighted by Crippen LogP contribution is -2.44. The van der Waals surface area contributed by atoms with Gasteiger partial charge in [-0.25, -0.2) is 9.97 Å². The first-order valence-electron chi connectivity index (χ1n) is 12.7. The number of amides is 2. The summed E-state index contributed by atoms with van der Waals surface area (Å²) in [6, 6.07) is 9.26. The first-order valence-corrected chi connectivity index (χ1v) is 13.6. The van der Waals surface area contributed by atoms with Gasteiger partial charge in [0, 0.05) is 23.7 Å². The van der Waals surface area contributed by atoms with Gasteiger partial charge >= 0.3 is 0 Å². The third kappa shape index (κ3) is 6.79. The average Bonchev–Trinajstić information content (AvgIpc) is 3.62. The molecule has 1 saturated heterocycles. The molecule has 0 bridgehead atoms. The van der Waals surface area contributed by atoms with Crippen LogP contribution in [0.5, 0.6) is 0 Å². The van der Waals surface area contributed by atoms with E-state index in [4.69, 9.17) is 0 Å². The monoisotopic (exact) mass is 508 g/mol. The Morgan fingerprint density at radius 1 is 1.17 bits per heavy atom. The molecule has 3 heterocycles. The maximum Gasteiger partial charge on any atom is 0.248 e. The lowest BCUT2D eigenvalue weighted by molar-refractivity contribution is -0.126. The van der Waals surface area contributed by atoms with Crippen LogP contribution >= 0.6 is 11.3 Å². The Balaban J connectivity index is 1.33. The zero-order chi connectivity index (χ0) is 25.5. The summed E-state index contributed by atoms with van der Waals surface area (Å²) in [6.45, 7) is 9.56. The lowest BCUT2D eigenvalue weighted by Gasteiger charge is -2.31. The van der Waals surface area contributed by atoms with Crippen LogP contribution in [0.2, 0.25) is 0 Å². The Bertz CT molecular complexity index is 1150. The van der Waals surface area contributed by atoms with Crippen LogP contribution in [0.3, 0.4) is 0 Å². The summed E-state index contributed by atoms with van der Waals surface area (Å²) < 4.78 is 2.06. The number of nitrogens with one attached hydrogen (secondary N) is 2. The van der Waals surface area contributed by atoms with Gasteiger partial charge in [-0.2, -0.15) is 0 Å². The number of carbonyl (C=O) groups excluding carboxylic acids is 2. The van der Waals surface area contributed by atoms with Crippen molar-refractivity contribution in [2.75, 3.05) is 25.0 Å². The lowest BCUT2D eigenvalue weighted by atomic mass is 10.1. The molecule has 1 atom stereocenters. The number of hydrogen-bond donors (Lipinski definition) is 2. The number of imidazole rings is 1. The molecule has 9 heteroatoms. The minimum atomic E-state index is -0.626. The van der Waals surface area contributed by atoms with E-state index in [1.807, 2.05) is 48.8 Å². The highest BCUT2D eigenvalue weighted by Gasteiger charge is 2.27. The maximum atomic E-state index is 13.0. The van der Waals surface area contributed by atoms with Crippen molar-refractivity contribution in [3.05, 3.63) is 53.2 Å². The van der Waals surface area contributed by atoms with Crippen LogP contribution in [-0.2, 0) is 21.5 Å². The second-order valence-corrected chi connectivity index (χ2v) is 11.0. The van der Waals surface area contributed by atoms with Gasteiger partial charge in [0.1, 0.15) is 11.0 Å². The van der Waals surface area contributed by atoms with Crippen LogP contribution in [0.25, 0.3) is 11.3 Å². The molecule has 3 aromatic rings. The van der Waals surface area contributed by atoms with E-state index in [2.05, 4.69) is 43.9 Å². The van der Waals surface area contributed by atoms with Gasteiger partial charge in [0.15, 0.2) is 5.82 Å². The third-order valence-corrected chi connectivity index (χ3v) is 7.35. The Morgan fingerprint density at radius 2 is 1.92 bits per heavy atom. The highest BCUT2D eigenvalue weighted by molar-refractivity contribution is 7.10. The summed E-state index contributed by atoms with van der Waals surface area (Å²) in [5.41, 5.74) is 1.74. The minimum absolute atomic E-state index is 0.135. The minimum Gasteiger partial charge on any atom is -0.344 e. The molecule has 0 aliphatic carbocycles. The van der Waals surface area contributed by atoms with Gasteiger partial charge < -0.3 is 20.1 Å². The molecule has 1 aliphatic rings. The van der Waals surface area contributed by atoms with E-state index in [-0.39, 0.29) is 23.8 Å². The van der Waals surface area contributed by atoms with Gasteiger partial charge in [-0.3, -0.25) is 9.59 Å². The van der Waals surface area contributed by atoms with Crippen molar-refractivity contribution in [2.24, 2.45) is 0 Å². The predicted molar refractivity (Wildman–Crippen MR) is 144 cm³/mol. The fourth-order valence-corrected chi connectivity index (χ4v) is 5.38. The molecule has 0 spiro atoms. The molecular formula is C27H36N6O2S. The van der Waals surface area contributed by atoms with Gasteiger partial charge in [-0.1, -0.05) is 43.7 Å². The van der Waals surface area contributed by atoms with Crippen LogP contribution in [0.1, 0.15) is 51.5 Å². The maximum absolute atomic E-state index is 13.0. The number of benzene rings is 1. The highest BCUT2D eigenvalue weighted by Crippen LogP contribution is 2.23. The number of aromatic nitrogens is 3. The highest BCUT2D eigenvalue weighted by atomic mass is 32.1. The molecule has 1 aromatic carbocycles. The number of thiazole rings is 1. The van der Waals surface area contributed by atoms with Crippen LogP contribution in [0, 0.1) is 0 Å². The fraction of sp³-hybridized carbons (Fsp3) is 0.481. The van der Waals surface area contributed by atoms with E-state index in [0.717, 1.165) is 42.3 Å².